The summed E-state index contributed by atoms with van der Waals surface area (Å²) >= 11 is 0. The number of amides is 2. The highest BCUT2D eigenvalue weighted by atomic mass is 19.4. The Balaban J connectivity index is 1.68. The van der Waals surface area contributed by atoms with Crippen molar-refractivity contribution in [3.63, 3.8) is 0 Å². The second-order valence-electron chi connectivity index (χ2n) is 9.21. The lowest BCUT2D eigenvalue weighted by Gasteiger charge is -2.34. The van der Waals surface area contributed by atoms with Gasteiger partial charge < -0.3 is 9.47 Å². The monoisotopic (exact) mass is 529 g/mol. The standard InChI is InChI=1S/C26H25F6NO4/c1-15(18-11-19(25(27,28)29)13-20(12-18)26(30,31)32)37-24-23(16-5-3-2-4-6-16)17(9-10-36-24)14-33-21(34)7-8-22(33)35/h3,5,9-13,15-16,24H,2,4,6-8,14H2,1H3/t15-,16?,24-/m1/s1. The van der Waals surface area contributed by atoms with Crippen molar-refractivity contribution in [2.75, 3.05) is 6.54 Å². The molecule has 3 aliphatic rings. The molecule has 0 spiro atoms. The first-order valence-electron chi connectivity index (χ1n) is 11.8. The summed E-state index contributed by atoms with van der Waals surface area (Å²) in [4.78, 5) is 25.6. The van der Waals surface area contributed by atoms with Gasteiger partial charge in [0.2, 0.25) is 18.1 Å². The fourth-order valence-electron chi connectivity index (χ4n) is 4.69. The lowest BCUT2D eigenvalue weighted by Crippen LogP contribution is -2.35. The third kappa shape index (κ3) is 6.08. The van der Waals surface area contributed by atoms with E-state index in [1.165, 1.54) is 13.2 Å². The van der Waals surface area contributed by atoms with Crippen LogP contribution in [0.25, 0.3) is 0 Å². The number of hydrogen-bond acceptors (Lipinski definition) is 4. The molecule has 1 aromatic carbocycles. The van der Waals surface area contributed by atoms with Gasteiger partial charge in [-0.15, -0.1) is 0 Å². The molecular weight excluding hydrogens is 504 g/mol. The maximum atomic E-state index is 13.4. The first-order chi connectivity index (χ1) is 17.3. The predicted molar refractivity (Wildman–Crippen MR) is 119 cm³/mol. The smallest absolute Gasteiger partial charge is 0.416 e. The van der Waals surface area contributed by atoms with E-state index in [1.807, 2.05) is 12.2 Å². The molecule has 1 unspecified atom stereocenters. The van der Waals surface area contributed by atoms with Crippen LogP contribution in [-0.4, -0.2) is 29.5 Å². The number of hydrogen-bond donors (Lipinski definition) is 0. The van der Waals surface area contributed by atoms with Crippen LogP contribution >= 0.6 is 0 Å². The van der Waals surface area contributed by atoms with Gasteiger partial charge in [0, 0.05) is 24.3 Å². The summed E-state index contributed by atoms with van der Waals surface area (Å²) < 4.78 is 91.7. The predicted octanol–water partition coefficient (Wildman–Crippen LogP) is 6.47. The fourth-order valence-corrected chi connectivity index (χ4v) is 4.69. The van der Waals surface area contributed by atoms with Crippen molar-refractivity contribution in [3.8, 4) is 0 Å². The molecule has 1 fully saturated rings. The van der Waals surface area contributed by atoms with E-state index < -0.39 is 35.9 Å². The summed E-state index contributed by atoms with van der Waals surface area (Å²) in [5.74, 6) is -0.832. The second kappa shape index (κ2) is 10.4. The fraction of sp³-hybridized carbons (Fsp3) is 0.462. The summed E-state index contributed by atoms with van der Waals surface area (Å²) in [5, 5.41) is 0. The Morgan fingerprint density at radius 1 is 1.03 bits per heavy atom. The van der Waals surface area contributed by atoms with E-state index in [9.17, 15) is 35.9 Å². The van der Waals surface area contributed by atoms with Gasteiger partial charge >= 0.3 is 12.4 Å². The van der Waals surface area contributed by atoms with Crippen molar-refractivity contribution in [2.24, 2.45) is 5.92 Å². The minimum Gasteiger partial charge on any atom is -0.468 e. The highest BCUT2D eigenvalue weighted by molar-refractivity contribution is 6.02. The number of carbonyl (C=O) groups is 2. The van der Waals surface area contributed by atoms with Crippen LogP contribution in [0.1, 0.15) is 61.8 Å². The molecule has 0 N–H and O–H groups in total. The zero-order chi connectivity index (χ0) is 27.0. The highest BCUT2D eigenvalue weighted by Crippen LogP contribution is 2.40. The van der Waals surface area contributed by atoms with Crippen molar-refractivity contribution in [1.29, 1.82) is 0 Å². The number of ether oxygens (including phenoxy) is 2. The Labute approximate surface area is 209 Å². The molecule has 0 bridgehead atoms. The lowest BCUT2D eigenvalue weighted by molar-refractivity contribution is -0.144. The number of rotatable bonds is 6. The molecule has 2 aliphatic heterocycles. The molecule has 2 heterocycles. The van der Waals surface area contributed by atoms with Crippen molar-refractivity contribution in [3.05, 3.63) is 70.5 Å². The Hall–Kier alpha value is -3.08. The zero-order valence-electron chi connectivity index (χ0n) is 19.9. The molecule has 0 radical (unpaired) electrons. The molecule has 2 amide bonds. The molecule has 1 saturated heterocycles. The third-order valence-electron chi connectivity index (χ3n) is 6.64. The molecule has 37 heavy (non-hydrogen) atoms. The van der Waals surface area contributed by atoms with Gasteiger partial charge in [-0.1, -0.05) is 12.2 Å². The Morgan fingerprint density at radius 3 is 2.19 bits per heavy atom. The summed E-state index contributed by atoms with van der Waals surface area (Å²) in [6.45, 7) is 1.33. The number of carbonyl (C=O) groups excluding carboxylic acids is 2. The number of benzene rings is 1. The number of likely N-dealkylation sites (tertiary alicyclic amines) is 1. The SMILES string of the molecule is C[C@@H](O[C@H]1OC=CC(CN2C(=O)CCC2=O)=C1C1C=CCCC1)c1cc(C(F)(F)F)cc(C(F)(F)F)c1. The van der Waals surface area contributed by atoms with E-state index in [0.717, 1.165) is 17.7 Å². The molecule has 1 aliphatic carbocycles. The average molecular weight is 529 g/mol. The largest absolute Gasteiger partial charge is 0.468 e. The van der Waals surface area contributed by atoms with E-state index in [4.69, 9.17) is 9.47 Å². The first kappa shape index (κ1) is 27.0. The van der Waals surface area contributed by atoms with Crippen molar-refractivity contribution < 1.29 is 45.4 Å². The minimum absolute atomic E-state index is 0.0206. The van der Waals surface area contributed by atoms with Crippen LogP contribution in [0.15, 0.2) is 53.8 Å². The second-order valence-corrected chi connectivity index (χ2v) is 9.21. The van der Waals surface area contributed by atoms with E-state index in [-0.39, 0.29) is 48.7 Å². The third-order valence-corrected chi connectivity index (χ3v) is 6.64. The Bertz CT molecular complexity index is 1100. The van der Waals surface area contributed by atoms with Crippen LogP contribution in [0, 0.1) is 5.92 Å². The maximum absolute atomic E-state index is 13.4. The van der Waals surface area contributed by atoms with E-state index in [0.29, 0.717) is 29.7 Å². The molecule has 0 aromatic heterocycles. The van der Waals surface area contributed by atoms with Gasteiger partial charge in [0.25, 0.3) is 0 Å². The number of alkyl halides is 6. The molecule has 1 aromatic rings. The Morgan fingerprint density at radius 2 is 1.65 bits per heavy atom. The molecule has 200 valence electrons. The summed E-state index contributed by atoms with van der Waals surface area (Å²) in [6, 6.07) is 1.33. The Kier molecular flexibility index (Phi) is 7.55. The lowest BCUT2D eigenvalue weighted by atomic mass is 9.85. The summed E-state index contributed by atoms with van der Waals surface area (Å²) in [6.07, 6.45) is -2.91. The number of allylic oxidation sites excluding steroid dienone is 2. The van der Waals surface area contributed by atoms with Crippen LogP contribution in [-0.2, 0) is 31.4 Å². The number of imide groups is 1. The van der Waals surface area contributed by atoms with Crippen LogP contribution in [0.5, 0.6) is 0 Å². The van der Waals surface area contributed by atoms with Gasteiger partial charge in [0.05, 0.1) is 30.0 Å². The van der Waals surface area contributed by atoms with Gasteiger partial charge in [-0.05, 0) is 61.6 Å². The van der Waals surface area contributed by atoms with Gasteiger partial charge in [-0.3, -0.25) is 14.5 Å². The van der Waals surface area contributed by atoms with Gasteiger partial charge in [-0.2, -0.15) is 26.3 Å². The van der Waals surface area contributed by atoms with E-state index in [1.54, 1.807) is 6.08 Å². The molecular formula is C26H25F6NO4. The average Bonchev–Trinajstić information content (AvgIpc) is 3.15. The van der Waals surface area contributed by atoms with Crippen molar-refractivity contribution in [2.45, 2.75) is 63.8 Å². The van der Waals surface area contributed by atoms with Gasteiger partial charge in [-0.25, -0.2) is 0 Å². The molecule has 0 saturated carbocycles. The van der Waals surface area contributed by atoms with Crippen LogP contribution in [0.3, 0.4) is 0 Å². The number of nitrogens with zero attached hydrogens (tertiary/aromatic N) is 1. The topological polar surface area (TPSA) is 55.8 Å². The summed E-state index contributed by atoms with van der Waals surface area (Å²) in [5.41, 5.74) is -2.01. The van der Waals surface area contributed by atoms with Crippen LogP contribution in [0.4, 0.5) is 26.3 Å². The van der Waals surface area contributed by atoms with E-state index in [2.05, 4.69) is 0 Å². The molecule has 5 nitrogen and oxygen atoms in total. The van der Waals surface area contributed by atoms with Crippen LogP contribution in [0.2, 0.25) is 0 Å². The summed E-state index contributed by atoms with van der Waals surface area (Å²) in [7, 11) is 0. The minimum atomic E-state index is -4.99. The first-order valence-corrected chi connectivity index (χ1v) is 11.8. The quantitative estimate of drug-likeness (QED) is 0.241. The highest BCUT2D eigenvalue weighted by Gasteiger charge is 2.39. The maximum Gasteiger partial charge on any atom is 0.416 e. The van der Waals surface area contributed by atoms with E-state index >= 15 is 0 Å². The molecule has 4 rings (SSSR count). The van der Waals surface area contributed by atoms with Crippen molar-refractivity contribution >= 4 is 11.8 Å². The van der Waals surface area contributed by atoms with Crippen molar-refractivity contribution in [1.82, 2.24) is 4.90 Å². The molecule has 11 heteroatoms. The normalized spacial score (nSPS) is 23.6. The van der Waals surface area contributed by atoms with Gasteiger partial charge in [0.1, 0.15) is 0 Å². The molecule has 3 atom stereocenters. The number of halogens is 6. The van der Waals surface area contributed by atoms with Gasteiger partial charge in [0.15, 0.2) is 0 Å². The zero-order valence-corrected chi connectivity index (χ0v) is 19.9. The van der Waals surface area contributed by atoms with Crippen LogP contribution < -0.4 is 0 Å².